The van der Waals surface area contributed by atoms with Gasteiger partial charge in [0.05, 0.1) is 15.2 Å². The van der Waals surface area contributed by atoms with Crippen LogP contribution >= 0.6 is 11.6 Å². The van der Waals surface area contributed by atoms with Crippen molar-refractivity contribution in [2.45, 2.75) is 23.1 Å². The summed E-state index contributed by atoms with van der Waals surface area (Å²) >= 11 is 5.85. The third-order valence-corrected chi connectivity index (χ3v) is 5.36. The largest absolute Gasteiger partial charge is 0.323 e. The molecule has 1 aliphatic rings. The molecule has 2 atom stereocenters. The molecular formula is C9H10ClNO2S. The van der Waals surface area contributed by atoms with Crippen LogP contribution in [0.3, 0.4) is 0 Å². The van der Waals surface area contributed by atoms with E-state index in [9.17, 15) is 8.42 Å². The summed E-state index contributed by atoms with van der Waals surface area (Å²) in [5.41, 5.74) is 6.43. The van der Waals surface area contributed by atoms with Gasteiger partial charge in [0, 0.05) is 6.04 Å². The lowest BCUT2D eigenvalue weighted by Crippen LogP contribution is -2.23. The molecule has 76 valence electrons. The lowest BCUT2D eigenvalue weighted by Gasteiger charge is -2.07. The van der Waals surface area contributed by atoms with Crippen LogP contribution < -0.4 is 5.73 Å². The van der Waals surface area contributed by atoms with Crippen LogP contribution in [0.2, 0.25) is 5.02 Å². The van der Waals surface area contributed by atoms with Crippen molar-refractivity contribution in [3.8, 4) is 0 Å². The smallest absolute Gasteiger partial charge is 0.184 e. The molecule has 2 rings (SSSR count). The van der Waals surface area contributed by atoms with Crippen molar-refractivity contribution in [1.82, 2.24) is 0 Å². The first kappa shape index (κ1) is 9.96. The van der Waals surface area contributed by atoms with E-state index in [0.717, 1.165) is 0 Å². The highest BCUT2D eigenvalue weighted by Gasteiger charge is 2.41. The molecular weight excluding hydrogens is 222 g/mol. The third kappa shape index (κ3) is 1.11. The van der Waals surface area contributed by atoms with E-state index < -0.39 is 21.1 Å². The van der Waals surface area contributed by atoms with Crippen molar-refractivity contribution in [2.75, 3.05) is 0 Å². The van der Waals surface area contributed by atoms with Crippen LogP contribution in [0.1, 0.15) is 18.5 Å². The summed E-state index contributed by atoms with van der Waals surface area (Å²) in [5, 5.41) is -0.320. The number of nitrogens with two attached hydrogens (primary N) is 1. The summed E-state index contributed by atoms with van der Waals surface area (Å²) in [6, 6.07) is 4.54. The summed E-state index contributed by atoms with van der Waals surface area (Å²) in [4.78, 5) is 0.210. The molecule has 14 heavy (non-hydrogen) atoms. The number of sulfone groups is 1. The van der Waals surface area contributed by atoms with Crippen molar-refractivity contribution in [3.63, 3.8) is 0 Å². The lowest BCUT2D eigenvalue weighted by atomic mass is 10.1. The summed E-state index contributed by atoms with van der Waals surface area (Å²) in [7, 11) is -3.32. The molecule has 1 aliphatic heterocycles. The highest BCUT2D eigenvalue weighted by atomic mass is 35.5. The van der Waals surface area contributed by atoms with Gasteiger partial charge in [0.2, 0.25) is 0 Å². The van der Waals surface area contributed by atoms with E-state index in [2.05, 4.69) is 0 Å². The second-order valence-electron chi connectivity index (χ2n) is 3.43. The second kappa shape index (κ2) is 2.95. The third-order valence-electron chi connectivity index (χ3n) is 2.64. The Labute approximate surface area is 87.8 Å². The molecule has 3 nitrogen and oxygen atoms in total. The number of benzene rings is 1. The SMILES string of the molecule is CC1C(N)c2cccc(Cl)c2S1(=O)=O. The zero-order valence-corrected chi connectivity index (χ0v) is 9.14. The van der Waals surface area contributed by atoms with Gasteiger partial charge in [0.15, 0.2) is 9.84 Å². The Bertz CT molecular complexity index is 484. The fraction of sp³-hybridized carbons (Fsp3) is 0.333. The Balaban J connectivity index is 2.82. The van der Waals surface area contributed by atoms with Gasteiger partial charge in [-0.1, -0.05) is 23.7 Å². The molecule has 1 aromatic rings. The van der Waals surface area contributed by atoms with Crippen LogP contribution in [0.15, 0.2) is 23.1 Å². The van der Waals surface area contributed by atoms with Crippen molar-refractivity contribution in [1.29, 1.82) is 0 Å². The number of hydrogen-bond donors (Lipinski definition) is 1. The van der Waals surface area contributed by atoms with Gasteiger partial charge in [-0.2, -0.15) is 0 Å². The summed E-state index contributed by atoms with van der Waals surface area (Å²) in [6.07, 6.45) is 0. The quantitative estimate of drug-likeness (QED) is 0.737. The minimum Gasteiger partial charge on any atom is -0.323 e. The van der Waals surface area contributed by atoms with Gasteiger partial charge < -0.3 is 5.73 Å². The molecule has 0 amide bonds. The molecule has 0 aromatic heterocycles. The predicted molar refractivity (Wildman–Crippen MR) is 55.0 cm³/mol. The van der Waals surface area contributed by atoms with Crippen LogP contribution in [0.25, 0.3) is 0 Å². The Morgan fingerprint density at radius 3 is 2.64 bits per heavy atom. The maximum atomic E-state index is 11.9. The number of halogens is 1. The highest BCUT2D eigenvalue weighted by Crippen LogP contribution is 2.40. The number of rotatable bonds is 0. The molecule has 0 bridgehead atoms. The molecule has 0 saturated heterocycles. The van der Waals surface area contributed by atoms with Crippen molar-refractivity contribution >= 4 is 21.4 Å². The van der Waals surface area contributed by atoms with Gasteiger partial charge in [-0.3, -0.25) is 0 Å². The fourth-order valence-corrected chi connectivity index (χ4v) is 4.00. The maximum absolute atomic E-state index is 11.9. The molecule has 2 N–H and O–H groups in total. The van der Waals surface area contributed by atoms with E-state index in [0.29, 0.717) is 5.56 Å². The minimum atomic E-state index is -3.32. The molecule has 0 saturated carbocycles. The maximum Gasteiger partial charge on any atom is 0.184 e. The Morgan fingerprint density at radius 2 is 2.07 bits per heavy atom. The standard InChI is InChI=1S/C9H10ClNO2S/c1-5-8(11)6-3-2-4-7(10)9(6)14(5,12)13/h2-5,8H,11H2,1H3. The summed E-state index contributed by atoms with van der Waals surface area (Å²) in [6.45, 7) is 1.61. The normalized spacial score (nSPS) is 28.8. The van der Waals surface area contributed by atoms with Crippen LogP contribution in [-0.4, -0.2) is 13.7 Å². The van der Waals surface area contributed by atoms with Gasteiger partial charge in [0.25, 0.3) is 0 Å². The molecule has 0 aliphatic carbocycles. The molecule has 0 spiro atoms. The first-order valence-electron chi connectivity index (χ1n) is 4.24. The molecule has 2 unspecified atom stereocenters. The van der Waals surface area contributed by atoms with Crippen LogP contribution in [-0.2, 0) is 9.84 Å². The first-order valence-corrected chi connectivity index (χ1v) is 6.16. The van der Waals surface area contributed by atoms with E-state index in [4.69, 9.17) is 17.3 Å². The average Bonchev–Trinajstić information content (AvgIpc) is 2.29. The van der Waals surface area contributed by atoms with Gasteiger partial charge in [-0.25, -0.2) is 8.42 Å². The highest BCUT2D eigenvalue weighted by molar-refractivity contribution is 7.92. The van der Waals surface area contributed by atoms with Gasteiger partial charge in [-0.15, -0.1) is 0 Å². The van der Waals surface area contributed by atoms with E-state index in [1.807, 2.05) is 0 Å². The van der Waals surface area contributed by atoms with Crippen LogP contribution in [0.5, 0.6) is 0 Å². The predicted octanol–water partition coefficient (Wildman–Crippen LogP) is 1.52. The topological polar surface area (TPSA) is 60.2 Å². The van der Waals surface area contributed by atoms with Crippen LogP contribution in [0, 0.1) is 0 Å². The Morgan fingerprint density at radius 1 is 1.43 bits per heavy atom. The zero-order chi connectivity index (χ0) is 10.5. The molecule has 5 heteroatoms. The summed E-state index contributed by atoms with van der Waals surface area (Å²) in [5.74, 6) is 0. The Kier molecular flexibility index (Phi) is 2.10. The van der Waals surface area contributed by atoms with Crippen molar-refractivity contribution in [2.24, 2.45) is 5.73 Å². The Hall–Kier alpha value is -0.580. The second-order valence-corrected chi connectivity index (χ2v) is 6.08. The lowest BCUT2D eigenvalue weighted by molar-refractivity contribution is 0.581. The van der Waals surface area contributed by atoms with Gasteiger partial charge >= 0.3 is 0 Å². The molecule has 1 heterocycles. The minimum absolute atomic E-state index is 0.210. The molecule has 1 aromatic carbocycles. The van der Waals surface area contributed by atoms with Crippen molar-refractivity contribution < 1.29 is 8.42 Å². The molecule has 0 fully saturated rings. The van der Waals surface area contributed by atoms with Crippen molar-refractivity contribution in [3.05, 3.63) is 28.8 Å². The van der Waals surface area contributed by atoms with E-state index >= 15 is 0 Å². The van der Waals surface area contributed by atoms with E-state index in [-0.39, 0.29) is 9.92 Å². The first-order chi connectivity index (χ1) is 6.46. The fourth-order valence-electron chi connectivity index (χ4n) is 1.72. The van der Waals surface area contributed by atoms with E-state index in [1.165, 1.54) is 0 Å². The van der Waals surface area contributed by atoms with Gasteiger partial charge in [-0.05, 0) is 18.6 Å². The van der Waals surface area contributed by atoms with Crippen LogP contribution in [0.4, 0.5) is 0 Å². The average molecular weight is 232 g/mol. The number of fused-ring (bicyclic) bond motifs is 1. The molecule has 0 radical (unpaired) electrons. The monoisotopic (exact) mass is 231 g/mol. The van der Waals surface area contributed by atoms with E-state index in [1.54, 1.807) is 25.1 Å². The van der Waals surface area contributed by atoms with Gasteiger partial charge in [0.1, 0.15) is 0 Å². The summed E-state index contributed by atoms with van der Waals surface area (Å²) < 4.78 is 23.7. The zero-order valence-electron chi connectivity index (χ0n) is 7.57. The number of hydrogen-bond acceptors (Lipinski definition) is 3.